The van der Waals surface area contributed by atoms with Gasteiger partial charge in [0.15, 0.2) is 0 Å². The topological polar surface area (TPSA) is 11.4 Å². The number of para-hydroxylation sites is 5. The molecule has 2 heterocycles. The number of aromatic nitrogens is 1. The lowest BCUT2D eigenvalue weighted by molar-refractivity contribution is 0.632. The highest BCUT2D eigenvalue weighted by Gasteiger charge is 2.37. The van der Waals surface area contributed by atoms with Crippen molar-refractivity contribution in [2.45, 2.75) is 19.3 Å². The number of fused-ring (bicyclic) bond motifs is 5. The fraction of sp³-hybridized carbons (Fsp3) is 0.0526. The molecule has 1 aliphatic heterocycles. The van der Waals surface area contributed by atoms with Crippen LogP contribution in [0.15, 0.2) is 224 Å². The van der Waals surface area contributed by atoms with Crippen LogP contribution in [0.5, 0.6) is 0 Å². The summed E-state index contributed by atoms with van der Waals surface area (Å²) in [5.41, 5.74) is 17.6. The van der Waals surface area contributed by atoms with Crippen molar-refractivity contribution in [3.8, 4) is 27.9 Å². The number of hydrogen-bond donors (Lipinski definition) is 0. The van der Waals surface area contributed by atoms with E-state index in [-0.39, 0.29) is 5.41 Å². The molecule has 3 heteroatoms. The van der Waals surface area contributed by atoms with Gasteiger partial charge in [-0.1, -0.05) is 147 Å². The summed E-state index contributed by atoms with van der Waals surface area (Å²) in [6.07, 6.45) is 0. The van der Waals surface area contributed by atoms with E-state index in [0.717, 1.165) is 34.0 Å². The highest BCUT2D eigenvalue weighted by atomic mass is 15.2. The van der Waals surface area contributed by atoms with Gasteiger partial charge in [-0.3, -0.25) is 0 Å². The van der Waals surface area contributed by atoms with Gasteiger partial charge in [0, 0.05) is 44.6 Å². The van der Waals surface area contributed by atoms with E-state index in [1.165, 1.54) is 61.0 Å². The van der Waals surface area contributed by atoms with Gasteiger partial charge in [-0.05, 0) is 124 Å². The summed E-state index contributed by atoms with van der Waals surface area (Å²) in [4.78, 5) is 4.81. The summed E-state index contributed by atoms with van der Waals surface area (Å²) in [5.74, 6) is 0. The lowest BCUT2D eigenvalue weighted by atomic mass is 9.73. The first-order valence-corrected chi connectivity index (χ1v) is 20.8. The first kappa shape index (κ1) is 35.5. The van der Waals surface area contributed by atoms with Crippen LogP contribution in [0.25, 0.3) is 49.7 Å². The number of hydrogen-bond acceptors (Lipinski definition) is 2. The van der Waals surface area contributed by atoms with Crippen molar-refractivity contribution < 1.29 is 0 Å². The molecule has 10 aromatic rings. The Hall–Kier alpha value is -7.62. The molecular formula is C57H43N3. The monoisotopic (exact) mass is 769 g/mol. The summed E-state index contributed by atoms with van der Waals surface area (Å²) in [6.45, 7) is 4.69. The molecule has 0 saturated carbocycles. The standard InChI is InChI=1S/C57H43N3/c1-57(2)51-29-13-15-31-55(51)60(46-24-10-5-11-25-46)56-39-43(32-34-52(56)57)41-19-17-27-48(37-41)58(44-20-6-3-7-21-44)47-26-16-18-40(36-47)42-33-35-54-50(38-42)49-28-12-14-30-53(49)59(54)45-22-8-4-9-23-45/h3-39H,1-2H3. The minimum absolute atomic E-state index is 0.157. The third-order valence-corrected chi connectivity index (χ3v) is 12.3. The Morgan fingerprint density at radius 3 is 1.58 bits per heavy atom. The van der Waals surface area contributed by atoms with Crippen molar-refractivity contribution in [3.05, 3.63) is 236 Å². The van der Waals surface area contributed by atoms with Crippen LogP contribution in [0.4, 0.5) is 34.1 Å². The van der Waals surface area contributed by atoms with Crippen molar-refractivity contribution in [3.63, 3.8) is 0 Å². The quantitative estimate of drug-likeness (QED) is 0.160. The largest absolute Gasteiger partial charge is 0.310 e. The number of rotatable bonds is 7. The Morgan fingerprint density at radius 1 is 0.350 bits per heavy atom. The van der Waals surface area contributed by atoms with Gasteiger partial charge >= 0.3 is 0 Å². The lowest BCUT2D eigenvalue weighted by Gasteiger charge is -2.42. The van der Waals surface area contributed by atoms with E-state index in [1.54, 1.807) is 0 Å². The lowest BCUT2D eigenvalue weighted by Crippen LogP contribution is -2.30. The maximum atomic E-state index is 2.43. The van der Waals surface area contributed by atoms with Crippen molar-refractivity contribution in [1.82, 2.24) is 4.57 Å². The van der Waals surface area contributed by atoms with Gasteiger partial charge in [-0.2, -0.15) is 0 Å². The second-order valence-corrected chi connectivity index (χ2v) is 16.2. The van der Waals surface area contributed by atoms with E-state index in [2.05, 4.69) is 253 Å². The molecule has 60 heavy (non-hydrogen) atoms. The van der Waals surface area contributed by atoms with Gasteiger partial charge in [0.25, 0.3) is 0 Å². The van der Waals surface area contributed by atoms with Crippen LogP contribution in [0.1, 0.15) is 25.0 Å². The molecule has 11 rings (SSSR count). The maximum absolute atomic E-state index is 2.43. The van der Waals surface area contributed by atoms with Crippen molar-refractivity contribution in [2.24, 2.45) is 0 Å². The summed E-state index contributed by atoms with van der Waals surface area (Å²) in [5, 5.41) is 2.49. The number of anilines is 6. The van der Waals surface area contributed by atoms with Gasteiger partial charge in [0.2, 0.25) is 0 Å². The zero-order valence-corrected chi connectivity index (χ0v) is 33.7. The van der Waals surface area contributed by atoms with Gasteiger partial charge < -0.3 is 14.4 Å². The highest BCUT2D eigenvalue weighted by Crippen LogP contribution is 2.53. The fourth-order valence-corrected chi connectivity index (χ4v) is 9.43. The minimum atomic E-state index is -0.157. The minimum Gasteiger partial charge on any atom is -0.310 e. The van der Waals surface area contributed by atoms with Crippen LogP contribution in [0.2, 0.25) is 0 Å². The molecule has 1 aromatic heterocycles. The molecule has 0 amide bonds. The molecule has 3 nitrogen and oxygen atoms in total. The molecule has 0 atom stereocenters. The Morgan fingerprint density at radius 2 is 0.867 bits per heavy atom. The van der Waals surface area contributed by atoms with Crippen LogP contribution in [0, 0.1) is 0 Å². The van der Waals surface area contributed by atoms with E-state index < -0.39 is 0 Å². The normalized spacial score (nSPS) is 12.9. The predicted molar refractivity (Wildman–Crippen MR) is 253 cm³/mol. The molecule has 1 aliphatic rings. The van der Waals surface area contributed by atoms with E-state index in [0.29, 0.717) is 0 Å². The summed E-state index contributed by atoms with van der Waals surface area (Å²) < 4.78 is 2.37. The second-order valence-electron chi connectivity index (χ2n) is 16.2. The van der Waals surface area contributed by atoms with Crippen LogP contribution in [-0.2, 0) is 5.41 Å². The summed E-state index contributed by atoms with van der Waals surface area (Å²) >= 11 is 0. The average Bonchev–Trinajstić information content (AvgIpc) is 3.64. The highest BCUT2D eigenvalue weighted by molar-refractivity contribution is 6.10. The summed E-state index contributed by atoms with van der Waals surface area (Å²) in [6, 6.07) is 81.6. The van der Waals surface area contributed by atoms with Gasteiger partial charge in [0.05, 0.1) is 22.4 Å². The maximum Gasteiger partial charge on any atom is 0.0541 e. The third-order valence-electron chi connectivity index (χ3n) is 12.3. The molecule has 0 unspecified atom stereocenters. The molecule has 0 N–H and O–H groups in total. The molecule has 286 valence electrons. The second kappa shape index (κ2) is 14.3. The summed E-state index contributed by atoms with van der Waals surface area (Å²) in [7, 11) is 0. The SMILES string of the molecule is CC1(C)c2ccccc2N(c2ccccc2)c2cc(-c3cccc(N(c4ccccc4)c4cccc(-c5ccc6c(c5)c5ccccc5n6-c5ccccc5)c4)c3)ccc21. The van der Waals surface area contributed by atoms with E-state index >= 15 is 0 Å². The smallest absolute Gasteiger partial charge is 0.0541 e. The third kappa shape index (κ3) is 5.89. The zero-order valence-electron chi connectivity index (χ0n) is 33.7. The Bertz CT molecular complexity index is 3180. The molecule has 9 aromatic carbocycles. The first-order valence-electron chi connectivity index (χ1n) is 20.8. The van der Waals surface area contributed by atoms with Gasteiger partial charge in [-0.15, -0.1) is 0 Å². The van der Waals surface area contributed by atoms with E-state index in [4.69, 9.17) is 0 Å². The van der Waals surface area contributed by atoms with Gasteiger partial charge in [0.1, 0.15) is 0 Å². The molecule has 0 spiro atoms. The molecule has 0 saturated heterocycles. The molecule has 0 bridgehead atoms. The fourth-order valence-electron chi connectivity index (χ4n) is 9.43. The predicted octanol–water partition coefficient (Wildman–Crippen LogP) is 15.7. The van der Waals surface area contributed by atoms with Crippen molar-refractivity contribution >= 4 is 55.9 Å². The number of benzene rings is 9. The van der Waals surface area contributed by atoms with Crippen LogP contribution in [-0.4, -0.2) is 4.57 Å². The van der Waals surface area contributed by atoms with Gasteiger partial charge in [-0.25, -0.2) is 0 Å². The molecule has 0 aliphatic carbocycles. The van der Waals surface area contributed by atoms with Crippen LogP contribution < -0.4 is 9.80 Å². The van der Waals surface area contributed by atoms with E-state index in [1.807, 2.05) is 0 Å². The molecular weight excluding hydrogens is 727 g/mol. The Kier molecular flexibility index (Phi) is 8.49. The zero-order chi connectivity index (χ0) is 40.2. The number of nitrogens with zero attached hydrogens (tertiary/aromatic N) is 3. The molecule has 0 radical (unpaired) electrons. The van der Waals surface area contributed by atoms with Crippen LogP contribution in [0.3, 0.4) is 0 Å². The van der Waals surface area contributed by atoms with Crippen molar-refractivity contribution in [1.29, 1.82) is 0 Å². The first-order chi connectivity index (χ1) is 29.5. The Labute approximate surface area is 351 Å². The van der Waals surface area contributed by atoms with E-state index in [9.17, 15) is 0 Å². The van der Waals surface area contributed by atoms with Crippen LogP contribution >= 0.6 is 0 Å². The molecule has 0 fully saturated rings. The van der Waals surface area contributed by atoms with Crippen molar-refractivity contribution in [2.75, 3.05) is 9.80 Å². The Balaban J connectivity index is 1.01. The average molecular weight is 770 g/mol.